The van der Waals surface area contributed by atoms with Crippen molar-refractivity contribution in [1.82, 2.24) is 14.5 Å². The molecular weight excluding hydrogens is 440 g/mol. The lowest BCUT2D eigenvalue weighted by molar-refractivity contribution is -0.136. The Bertz CT molecular complexity index is 1100. The van der Waals surface area contributed by atoms with Crippen LogP contribution < -0.4 is 5.32 Å². The number of anilines is 1. The predicted molar refractivity (Wildman–Crippen MR) is 140 cm³/mol. The summed E-state index contributed by atoms with van der Waals surface area (Å²) in [6, 6.07) is 18.1. The van der Waals surface area contributed by atoms with Gasteiger partial charge in [-0.1, -0.05) is 70.2 Å². The maximum atomic E-state index is 13.0. The molecule has 0 fully saturated rings. The second kappa shape index (κ2) is 12.3. The first-order chi connectivity index (χ1) is 16.8. The van der Waals surface area contributed by atoms with Gasteiger partial charge in [0, 0.05) is 37.5 Å². The summed E-state index contributed by atoms with van der Waals surface area (Å²) < 4.78 is 7.02. The van der Waals surface area contributed by atoms with Crippen LogP contribution in [0.25, 0.3) is 16.9 Å². The van der Waals surface area contributed by atoms with Crippen molar-refractivity contribution in [1.29, 1.82) is 0 Å². The van der Waals surface area contributed by atoms with Crippen molar-refractivity contribution in [3.63, 3.8) is 0 Å². The van der Waals surface area contributed by atoms with Crippen LogP contribution in [-0.4, -0.2) is 53.1 Å². The quantitative estimate of drug-likeness (QED) is 0.417. The fourth-order valence-electron chi connectivity index (χ4n) is 3.74. The Morgan fingerprint density at radius 3 is 2.31 bits per heavy atom. The van der Waals surface area contributed by atoms with Gasteiger partial charge in [0.25, 0.3) is 0 Å². The van der Waals surface area contributed by atoms with Crippen LogP contribution in [0.2, 0.25) is 0 Å². The van der Waals surface area contributed by atoms with Crippen LogP contribution >= 0.6 is 0 Å². The molecule has 0 unspecified atom stereocenters. The van der Waals surface area contributed by atoms with Gasteiger partial charge in [-0.2, -0.15) is 0 Å². The van der Waals surface area contributed by atoms with Crippen molar-refractivity contribution in [2.75, 3.05) is 32.1 Å². The summed E-state index contributed by atoms with van der Waals surface area (Å²) in [5.74, 6) is 0.673. The second-order valence-corrected chi connectivity index (χ2v) is 9.39. The third kappa shape index (κ3) is 7.26. The molecule has 0 aliphatic rings. The molecule has 2 aromatic carbocycles. The van der Waals surface area contributed by atoms with Crippen LogP contribution in [0, 0.1) is 5.92 Å². The SMILES string of the molecule is COCCN(CC(=O)Nc1nc(-c2ccccc2)cn1-c1ccc(C(C)C)cc1)C(=O)CC(C)C. The molecule has 0 radical (unpaired) electrons. The lowest BCUT2D eigenvalue weighted by atomic mass is 10.0. The summed E-state index contributed by atoms with van der Waals surface area (Å²) in [5.41, 5.74) is 3.84. The van der Waals surface area contributed by atoms with Crippen LogP contribution in [-0.2, 0) is 14.3 Å². The molecule has 0 spiro atoms. The highest BCUT2D eigenvalue weighted by molar-refractivity contribution is 5.94. The molecule has 1 aromatic heterocycles. The molecule has 0 aliphatic heterocycles. The number of rotatable bonds is 11. The highest BCUT2D eigenvalue weighted by atomic mass is 16.5. The summed E-state index contributed by atoms with van der Waals surface area (Å²) in [6.07, 6.45) is 2.30. The molecule has 0 saturated carbocycles. The zero-order chi connectivity index (χ0) is 25.4. The van der Waals surface area contributed by atoms with Gasteiger partial charge < -0.3 is 9.64 Å². The number of hydrogen-bond acceptors (Lipinski definition) is 4. The van der Waals surface area contributed by atoms with E-state index in [4.69, 9.17) is 9.72 Å². The number of ether oxygens (including phenoxy) is 1. The Hall–Kier alpha value is -3.45. The molecule has 1 heterocycles. The van der Waals surface area contributed by atoms with Crippen molar-refractivity contribution in [3.05, 3.63) is 66.4 Å². The molecule has 186 valence electrons. The van der Waals surface area contributed by atoms with Crippen molar-refractivity contribution in [2.45, 2.75) is 40.0 Å². The Balaban J connectivity index is 1.88. The molecule has 0 aliphatic carbocycles. The summed E-state index contributed by atoms with van der Waals surface area (Å²) >= 11 is 0. The van der Waals surface area contributed by atoms with Crippen LogP contribution in [0.4, 0.5) is 5.95 Å². The predicted octanol–water partition coefficient (Wildman–Crippen LogP) is 5.12. The van der Waals surface area contributed by atoms with E-state index in [-0.39, 0.29) is 24.3 Å². The number of carbonyl (C=O) groups excluding carboxylic acids is 2. The molecular formula is C28H36N4O3. The number of carbonyl (C=O) groups is 2. The first-order valence-electron chi connectivity index (χ1n) is 12.1. The van der Waals surface area contributed by atoms with E-state index in [1.807, 2.05) is 67.1 Å². The van der Waals surface area contributed by atoms with E-state index in [2.05, 4.69) is 31.3 Å². The van der Waals surface area contributed by atoms with Crippen molar-refractivity contribution < 1.29 is 14.3 Å². The number of nitrogens with zero attached hydrogens (tertiary/aromatic N) is 3. The number of nitrogens with one attached hydrogen (secondary N) is 1. The molecule has 2 amide bonds. The minimum Gasteiger partial charge on any atom is -0.383 e. The lowest BCUT2D eigenvalue weighted by Gasteiger charge is -2.22. The van der Waals surface area contributed by atoms with Crippen LogP contribution in [0.5, 0.6) is 0 Å². The number of imidazole rings is 1. The summed E-state index contributed by atoms with van der Waals surface area (Å²) in [7, 11) is 1.58. The van der Waals surface area contributed by atoms with Gasteiger partial charge in [0.05, 0.1) is 12.3 Å². The van der Waals surface area contributed by atoms with Gasteiger partial charge in [-0.15, -0.1) is 0 Å². The minimum atomic E-state index is -0.302. The maximum Gasteiger partial charge on any atom is 0.246 e. The number of methoxy groups -OCH3 is 1. The summed E-state index contributed by atoms with van der Waals surface area (Å²) in [4.78, 5) is 32.0. The fourth-order valence-corrected chi connectivity index (χ4v) is 3.74. The van der Waals surface area contributed by atoms with E-state index < -0.39 is 0 Å². The van der Waals surface area contributed by atoms with Gasteiger partial charge >= 0.3 is 0 Å². The van der Waals surface area contributed by atoms with Gasteiger partial charge in [-0.25, -0.2) is 4.98 Å². The molecule has 3 aromatic rings. The van der Waals surface area contributed by atoms with Crippen molar-refractivity contribution >= 4 is 17.8 Å². The molecule has 35 heavy (non-hydrogen) atoms. The topological polar surface area (TPSA) is 76.5 Å². The van der Waals surface area contributed by atoms with Gasteiger partial charge in [0.1, 0.15) is 6.54 Å². The normalized spacial score (nSPS) is 11.2. The largest absolute Gasteiger partial charge is 0.383 e. The molecule has 0 bridgehead atoms. The average Bonchev–Trinajstić information content (AvgIpc) is 3.25. The van der Waals surface area contributed by atoms with Gasteiger partial charge in [0.2, 0.25) is 17.8 Å². The zero-order valence-electron chi connectivity index (χ0n) is 21.3. The third-order valence-corrected chi connectivity index (χ3v) is 5.70. The highest BCUT2D eigenvalue weighted by Crippen LogP contribution is 2.25. The Kier molecular flexibility index (Phi) is 9.20. The maximum absolute atomic E-state index is 13.0. The Morgan fingerprint density at radius 1 is 1.03 bits per heavy atom. The third-order valence-electron chi connectivity index (χ3n) is 5.70. The molecule has 0 saturated heterocycles. The zero-order valence-corrected chi connectivity index (χ0v) is 21.3. The van der Waals surface area contributed by atoms with E-state index in [1.54, 1.807) is 12.0 Å². The van der Waals surface area contributed by atoms with Crippen molar-refractivity contribution in [3.8, 4) is 16.9 Å². The fraction of sp³-hybridized carbons (Fsp3) is 0.393. The number of amides is 2. The standard InChI is InChI=1S/C28H36N4O3/c1-20(2)17-27(34)31(15-16-35-5)19-26(33)30-28-29-25(23-9-7-6-8-10-23)18-32(28)24-13-11-22(12-14-24)21(3)4/h6-14,18,20-21H,15-17,19H2,1-5H3,(H,29,30,33). The number of hydrogen-bond donors (Lipinski definition) is 1. The molecule has 0 atom stereocenters. The number of benzene rings is 2. The summed E-state index contributed by atoms with van der Waals surface area (Å²) in [5, 5.41) is 2.93. The van der Waals surface area contributed by atoms with Gasteiger partial charge in [0.15, 0.2) is 0 Å². The van der Waals surface area contributed by atoms with E-state index in [1.165, 1.54) is 5.56 Å². The highest BCUT2D eigenvalue weighted by Gasteiger charge is 2.20. The minimum absolute atomic E-state index is 0.0608. The Morgan fingerprint density at radius 2 is 1.71 bits per heavy atom. The molecule has 1 N–H and O–H groups in total. The Labute approximate surface area is 208 Å². The first kappa shape index (κ1) is 26.2. The lowest BCUT2D eigenvalue weighted by Crippen LogP contribution is -2.40. The van der Waals surface area contributed by atoms with Crippen molar-refractivity contribution in [2.24, 2.45) is 5.92 Å². The van der Waals surface area contributed by atoms with Gasteiger partial charge in [-0.05, 0) is 29.5 Å². The van der Waals surface area contributed by atoms with E-state index in [0.29, 0.717) is 31.4 Å². The van der Waals surface area contributed by atoms with Crippen LogP contribution in [0.1, 0.15) is 45.6 Å². The van der Waals surface area contributed by atoms with E-state index >= 15 is 0 Å². The molecule has 7 heteroatoms. The monoisotopic (exact) mass is 476 g/mol. The van der Waals surface area contributed by atoms with E-state index in [0.717, 1.165) is 16.9 Å². The smallest absolute Gasteiger partial charge is 0.246 e. The number of aromatic nitrogens is 2. The molecule has 3 rings (SSSR count). The van der Waals surface area contributed by atoms with Crippen LogP contribution in [0.15, 0.2) is 60.8 Å². The van der Waals surface area contributed by atoms with Crippen LogP contribution in [0.3, 0.4) is 0 Å². The van der Waals surface area contributed by atoms with Gasteiger partial charge in [-0.3, -0.25) is 19.5 Å². The average molecular weight is 477 g/mol. The first-order valence-corrected chi connectivity index (χ1v) is 12.1. The second-order valence-electron chi connectivity index (χ2n) is 9.39. The molecule has 7 nitrogen and oxygen atoms in total. The van der Waals surface area contributed by atoms with E-state index in [9.17, 15) is 9.59 Å². The summed E-state index contributed by atoms with van der Waals surface area (Å²) in [6.45, 7) is 8.94.